The third-order valence-corrected chi connectivity index (χ3v) is 4.22. The van der Waals surface area contributed by atoms with E-state index in [1.807, 2.05) is 43.3 Å². The molecule has 2 rings (SSSR count). The minimum atomic E-state index is -1.04. The predicted molar refractivity (Wildman–Crippen MR) is 104 cm³/mol. The van der Waals surface area contributed by atoms with Crippen molar-refractivity contribution in [3.8, 4) is 0 Å². The molecular weight excluding hydrogens is 336 g/mol. The molecule has 0 heterocycles. The Balaban J connectivity index is 2.09. The number of carboxylic acid groups (broad SMARTS) is 1. The van der Waals surface area contributed by atoms with Crippen molar-refractivity contribution in [3.63, 3.8) is 0 Å². The number of hydrogen-bond donors (Lipinski definition) is 3. The van der Waals surface area contributed by atoms with E-state index in [-0.39, 0.29) is 11.5 Å². The van der Waals surface area contributed by atoms with Gasteiger partial charge in [-0.3, -0.25) is 4.79 Å². The Morgan fingerprint density at radius 3 is 2.36 bits per heavy atom. The van der Waals surface area contributed by atoms with Crippen LogP contribution in [-0.4, -0.2) is 35.8 Å². The first-order valence-corrected chi connectivity index (χ1v) is 8.27. The van der Waals surface area contributed by atoms with E-state index >= 15 is 0 Å². The molecule has 0 saturated heterocycles. The van der Waals surface area contributed by atoms with Gasteiger partial charge in [0.25, 0.3) is 0 Å². The lowest BCUT2D eigenvalue weighted by atomic mass is 9.98. The largest absolute Gasteiger partial charge is 0.478 e. The molecule has 1 amide bonds. The summed E-state index contributed by atoms with van der Waals surface area (Å²) in [6.45, 7) is 1.74. The second-order valence-electron chi connectivity index (χ2n) is 6.35. The average Bonchev–Trinajstić information content (AvgIpc) is 2.55. The molecule has 2 aromatic carbocycles. The number of carboxylic acids is 1. The van der Waals surface area contributed by atoms with E-state index in [1.165, 1.54) is 12.1 Å². The number of anilines is 2. The summed E-state index contributed by atoms with van der Waals surface area (Å²) in [7, 11) is 3.94. The summed E-state index contributed by atoms with van der Waals surface area (Å²) in [5, 5.41) is 11.8. The van der Waals surface area contributed by atoms with Crippen LogP contribution in [0.5, 0.6) is 0 Å². The second kappa shape index (κ2) is 7.61. The number of amides is 1. The van der Waals surface area contributed by atoms with Gasteiger partial charge in [-0.2, -0.15) is 12.6 Å². The number of nitrogens with one attached hydrogen (secondary N) is 1. The first-order valence-electron chi connectivity index (χ1n) is 7.82. The number of benzene rings is 2. The minimum absolute atomic E-state index is 0.123. The molecule has 0 aromatic heterocycles. The smallest absolute Gasteiger partial charge is 0.335 e. The Morgan fingerprint density at radius 2 is 1.80 bits per heavy atom. The minimum Gasteiger partial charge on any atom is -0.478 e. The molecule has 0 aliphatic carbocycles. The SMILES string of the molecule is CN(C)c1ccc(CC(C)(S)C(=O)Nc2cccc(C(=O)O)c2)cc1. The predicted octanol–water partition coefficient (Wildman–Crippen LogP) is 3.32. The molecule has 0 aliphatic rings. The number of hydrogen-bond acceptors (Lipinski definition) is 4. The summed E-state index contributed by atoms with van der Waals surface area (Å²) in [5.41, 5.74) is 2.64. The summed E-state index contributed by atoms with van der Waals surface area (Å²) < 4.78 is -0.932. The molecule has 5 nitrogen and oxygen atoms in total. The highest BCUT2D eigenvalue weighted by atomic mass is 32.1. The first kappa shape index (κ1) is 18.9. The maximum absolute atomic E-state index is 12.6. The zero-order chi connectivity index (χ0) is 18.6. The highest BCUT2D eigenvalue weighted by Crippen LogP contribution is 2.24. The Hall–Kier alpha value is -2.47. The Bertz CT molecular complexity index is 770. The van der Waals surface area contributed by atoms with Crippen molar-refractivity contribution in [2.75, 3.05) is 24.3 Å². The lowest BCUT2D eigenvalue weighted by Gasteiger charge is -2.23. The van der Waals surface area contributed by atoms with E-state index in [0.29, 0.717) is 12.1 Å². The molecule has 0 fully saturated rings. The molecule has 0 saturated carbocycles. The molecule has 6 heteroatoms. The fraction of sp³-hybridized carbons (Fsp3) is 0.263. The molecule has 2 aromatic rings. The van der Waals surface area contributed by atoms with Crippen molar-refractivity contribution in [1.29, 1.82) is 0 Å². The molecule has 1 atom stereocenters. The molecule has 132 valence electrons. The normalized spacial score (nSPS) is 13.0. The second-order valence-corrected chi connectivity index (χ2v) is 7.34. The van der Waals surface area contributed by atoms with Crippen LogP contribution in [0.1, 0.15) is 22.8 Å². The number of carbonyl (C=O) groups is 2. The van der Waals surface area contributed by atoms with E-state index in [2.05, 4.69) is 17.9 Å². The quantitative estimate of drug-likeness (QED) is 0.693. The third-order valence-electron chi connectivity index (χ3n) is 3.86. The van der Waals surface area contributed by atoms with E-state index in [4.69, 9.17) is 5.11 Å². The summed E-state index contributed by atoms with van der Waals surface area (Å²) in [4.78, 5) is 25.6. The van der Waals surface area contributed by atoms with Gasteiger partial charge in [-0.05, 0) is 49.2 Å². The van der Waals surface area contributed by atoms with Gasteiger partial charge in [0, 0.05) is 25.5 Å². The molecule has 0 aliphatic heterocycles. The monoisotopic (exact) mass is 358 g/mol. The highest BCUT2D eigenvalue weighted by molar-refractivity contribution is 7.82. The Labute approximate surface area is 153 Å². The highest BCUT2D eigenvalue weighted by Gasteiger charge is 2.29. The van der Waals surface area contributed by atoms with Gasteiger partial charge >= 0.3 is 5.97 Å². The van der Waals surface area contributed by atoms with Crippen molar-refractivity contribution in [1.82, 2.24) is 0 Å². The van der Waals surface area contributed by atoms with E-state index in [1.54, 1.807) is 19.1 Å². The van der Waals surface area contributed by atoms with Gasteiger partial charge in [-0.1, -0.05) is 18.2 Å². The zero-order valence-corrected chi connectivity index (χ0v) is 15.4. The third kappa shape index (κ3) is 5.00. The van der Waals surface area contributed by atoms with Crippen molar-refractivity contribution in [3.05, 3.63) is 59.7 Å². The van der Waals surface area contributed by atoms with Crippen LogP contribution in [0.25, 0.3) is 0 Å². The van der Waals surface area contributed by atoms with Gasteiger partial charge in [0.2, 0.25) is 5.91 Å². The Kier molecular flexibility index (Phi) is 5.74. The number of nitrogens with zero attached hydrogens (tertiary/aromatic N) is 1. The van der Waals surface area contributed by atoms with Crippen LogP contribution < -0.4 is 10.2 Å². The van der Waals surface area contributed by atoms with Gasteiger partial charge < -0.3 is 15.3 Å². The van der Waals surface area contributed by atoms with Crippen molar-refractivity contribution in [2.45, 2.75) is 18.1 Å². The lowest BCUT2D eigenvalue weighted by molar-refractivity contribution is -0.118. The maximum Gasteiger partial charge on any atom is 0.335 e. The number of carbonyl (C=O) groups excluding carboxylic acids is 1. The van der Waals surface area contributed by atoms with Crippen molar-refractivity contribution in [2.24, 2.45) is 0 Å². The standard InChI is InChI=1S/C19H22N2O3S/c1-19(25,12-13-7-9-16(10-8-13)21(2)3)18(24)20-15-6-4-5-14(11-15)17(22)23/h4-11,25H,12H2,1-3H3,(H,20,24)(H,22,23). The van der Waals surface area contributed by atoms with Crippen LogP contribution >= 0.6 is 12.6 Å². The van der Waals surface area contributed by atoms with Crippen LogP contribution in [0.2, 0.25) is 0 Å². The van der Waals surface area contributed by atoms with Gasteiger partial charge in [0.1, 0.15) is 0 Å². The Morgan fingerprint density at radius 1 is 1.16 bits per heavy atom. The summed E-state index contributed by atoms with van der Waals surface area (Å²) >= 11 is 4.52. The molecule has 0 bridgehead atoms. The van der Waals surface area contributed by atoms with E-state index < -0.39 is 10.7 Å². The van der Waals surface area contributed by atoms with Crippen LogP contribution in [0.4, 0.5) is 11.4 Å². The van der Waals surface area contributed by atoms with Crippen molar-refractivity contribution >= 4 is 35.9 Å². The van der Waals surface area contributed by atoms with E-state index in [0.717, 1.165) is 11.3 Å². The summed E-state index contributed by atoms with van der Waals surface area (Å²) in [5.74, 6) is -1.32. The maximum atomic E-state index is 12.6. The van der Waals surface area contributed by atoms with Gasteiger partial charge in [-0.25, -0.2) is 4.79 Å². The van der Waals surface area contributed by atoms with Crippen LogP contribution in [0.3, 0.4) is 0 Å². The fourth-order valence-electron chi connectivity index (χ4n) is 2.39. The topological polar surface area (TPSA) is 69.6 Å². The van der Waals surface area contributed by atoms with Gasteiger partial charge in [-0.15, -0.1) is 0 Å². The number of thiol groups is 1. The van der Waals surface area contributed by atoms with Crippen LogP contribution in [0.15, 0.2) is 48.5 Å². The zero-order valence-electron chi connectivity index (χ0n) is 14.5. The summed E-state index contributed by atoms with van der Waals surface area (Å²) in [6.07, 6.45) is 0.453. The molecule has 25 heavy (non-hydrogen) atoms. The lowest BCUT2D eigenvalue weighted by Crippen LogP contribution is -2.37. The number of rotatable bonds is 6. The molecule has 0 spiro atoms. The van der Waals surface area contributed by atoms with Crippen LogP contribution in [-0.2, 0) is 11.2 Å². The van der Waals surface area contributed by atoms with Gasteiger partial charge in [0.05, 0.1) is 10.3 Å². The molecule has 1 unspecified atom stereocenters. The van der Waals surface area contributed by atoms with Crippen molar-refractivity contribution < 1.29 is 14.7 Å². The fourth-order valence-corrected chi connectivity index (χ4v) is 2.62. The first-order chi connectivity index (χ1) is 11.7. The summed E-state index contributed by atoms with van der Waals surface area (Å²) in [6, 6.07) is 14.1. The molecule has 0 radical (unpaired) electrons. The molecular formula is C19H22N2O3S. The molecule has 2 N–H and O–H groups in total. The van der Waals surface area contributed by atoms with E-state index in [9.17, 15) is 9.59 Å². The number of aromatic carboxylic acids is 1. The average molecular weight is 358 g/mol. The van der Waals surface area contributed by atoms with Gasteiger partial charge in [0.15, 0.2) is 0 Å². The van der Waals surface area contributed by atoms with Crippen LogP contribution in [0, 0.1) is 0 Å².